The zero-order valence-corrected chi connectivity index (χ0v) is 13.4. The molecule has 0 bridgehead atoms. The van der Waals surface area contributed by atoms with E-state index in [2.05, 4.69) is 13.0 Å². The molecule has 1 aromatic rings. The molecule has 0 amide bonds. The molecular weight excluding hydrogens is 273 g/mol. The molecule has 116 valence electrons. The Kier molecular flexibility index (Phi) is 4.62. The van der Waals surface area contributed by atoms with Crippen LogP contribution in [0, 0.1) is 29.0 Å². The topological polar surface area (TPSA) is 23.8 Å². The summed E-state index contributed by atoms with van der Waals surface area (Å²) < 4.78 is 13.8. The van der Waals surface area contributed by atoms with Crippen molar-refractivity contribution in [2.75, 3.05) is 0 Å². The van der Waals surface area contributed by atoms with E-state index in [0.717, 1.165) is 29.9 Å². The molecule has 2 heteroatoms. The lowest BCUT2D eigenvalue weighted by atomic mass is 9.74. The van der Waals surface area contributed by atoms with Crippen LogP contribution in [0.4, 0.5) is 4.39 Å². The van der Waals surface area contributed by atoms with E-state index in [1.165, 1.54) is 44.1 Å². The number of fused-ring (bicyclic) bond motifs is 1. The first-order valence-electron chi connectivity index (χ1n) is 8.64. The molecule has 0 atom stereocenters. The van der Waals surface area contributed by atoms with Crippen molar-refractivity contribution < 1.29 is 4.39 Å². The Hall–Kier alpha value is -1.62. The lowest BCUT2D eigenvalue weighted by molar-refractivity contribution is 0.283. The monoisotopic (exact) mass is 297 g/mol. The summed E-state index contributed by atoms with van der Waals surface area (Å²) in [5.41, 5.74) is 3.80. The minimum atomic E-state index is -0.384. The number of nitriles is 1. The fourth-order valence-corrected chi connectivity index (χ4v) is 4.17. The van der Waals surface area contributed by atoms with Crippen LogP contribution in [0.3, 0.4) is 0 Å². The molecule has 3 rings (SSSR count). The van der Waals surface area contributed by atoms with E-state index in [0.29, 0.717) is 5.92 Å². The SMILES string of the molecule is CCCC1CCC(C2=Cc3cc(F)c(C#N)cc3CC2)CC1. The van der Waals surface area contributed by atoms with Gasteiger partial charge in [-0.3, -0.25) is 0 Å². The van der Waals surface area contributed by atoms with Crippen molar-refractivity contribution in [3.05, 3.63) is 40.2 Å². The van der Waals surface area contributed by atoms with Crippen LogP contribution in [0.5, 0.6) is 0 Å². The molecule has 0 aliphatic heterocycles. The quantitative estimate of drug-likeness (QED) is 0.709. The summed E-state index contributed by atoms with van der Waals surface area (Å²) in [5, 5.41) is 8.94. The molecular formula is C20H24FN. The van der Waals surface area contributed by atoms with Crippen LogP contribution in [0.25, 0.3) is 6.08 Å². The summed E-state index contributed by atoms with van der Waals surface area (Å²) in [4.78, 5) is 0. The van der Waals surface area contributed by atoms with Gasteiger partial charge in [0.2, 0.25) is 0 Å². The number of hydrogen-bond donors (Lipinski definition) is 0. The molecule has 22 heavy (non-hydrogen) atoms. The van der Waals surface area contributed by atoms with Gasteiger partial charge in [0, 0.05) is 0 Å². The Morgan fingerprint density at radius 3 is 2.64 bits per heavy atom. The molecule has 0 unspecified atom stereocenters. The summed E-state index contributed by atoms with van der Waals surface area (Å²) in [6, 6.07) is 5.22. The largest absolute Gasteiger partial charge is 0.206 e. The number of allylic oxidation sites excluding steroid dienone is 1. The third-order valence-corrected chi connectivity index (χ3v) is 5.44. The average Bonchev–Trinajstić information content (AvgIpc) is 2.54. The Balaban J connectivity index is 1.75. The zero-order valence-electron chi connectivity index (χ0n) is 13.4. The molecule has 1 fully saturated rings. The molecule has 1 aromatic carbocycles. The second-order valence-electron chi connectivity index (χ2n) is 6.87. The summed E-state index contributed by atoms with van der Waals surface area (Å²) in [7, 11) is 0. The van der Waals surface area contributed by atoms with Crippen LogP contribution in [0.2, 0.25) is 0 Å². The predicted octanol–water partition coefficient (Wildman–Crippen LogP) is 5.63. The third kappa shape index (κ3) is 3.09. The van der Waals surface area contributed by atoms with Crippen LogP contribution < -0.4 is 0 Å². The van der Waals surface area contributed by atoms with E-state index >= 15 is 0 Å². The van der Waals surface area contributed by atoms with E-state index in [9.17, 15) is 4.39 Å². The summed E-state index contributed by atoms with van der Waals surface area (Å²) in [5.74, 6) is 1.23. The van der Waals surface area contributed by atoms with E-state index in [1.807, 2.05) is 6.07 Å². The Bertz CT molecular complexity index is 615. The normalized spacial score (nSPS) is 24.3. The van der Waals surface area contributed by atoms with Crippen LogP contribution in [0.15, 0.2) is 17.7 Å². The molecule has 0 saturated heterocycles. The van der Waals surface area contributed by atoms with Crippen molar-refractivity contribution in [1.82, 2.24) is 0 Å². The molecule has 2 aliphatic carbocycles. The Morgan fingerprint density at radius 2 is 1.95 bits per heavy atom. The van der Waals surface area contributed by atoms with Crippen molar-refractivity contribution in [3.8, 4) is 6.07 Å². The summed E-state index contributed by atoms with van der Waals surface area (Å²) in [6.07, 6.45) is 12.2. The van der Waals surface area contributed by atoms with E-state index in [1.54, 1.807) is 12.1 Å². The van der Waals surface area contributed by atoms with Gasteiger partial charge < -0.3 is 0 Å². The van der Waals surface area contributed by atoms with Gasteiger partial charge in [-0.2, -0.15) is 5.26 Å². The highest BCUT2D eigenvalue weighted by atomic mass is 19.1. The molecule has 1 nitrogen and oxygen atoms in total. The zero-order chi connectivity index (χ0) is 15.5. The van der Waals surface area contributed by atoms with Crippen molar-refractivity contribution in [2.24, 2.45) is 11.8 Å². The highest BCUT2D eigenvalue weighted by molar-refractivity contribution is 5.61. The molecule has 0 aromatic heterocycles. The van der Waals surface area contributed by atoms with Gasteiger partial charge in [-0.15, -0.1) is 0 Å². The van der Waals surface area contributed by atoms with Crippen LogP contribution in [-0.2, 0) is 6.42 Å². The van der Waals surface area contributed by atoms with Crippen molar-refractivity contribution in [3.63, 3.8) is 0 Å². The fourth-order valence-electron chi connectivity index (χ4n) is 4.17. The van der Waals surface area contributed by atoms with Gasteiger partial charge in [-0.1, -0.05) is 31.4 Å². The number of hydrogen-bond acceptors (Lipinski definition) is 1. The minimum Gasteiger partial charge on any atom is -0.206 e. The van der Waals surface area contributed by atoms with Gasteiger partial charge in [0.05, 0.1) is 5.56 Å². The summed E-state index contributed by atoms with van der Waals surface area (Å²) >= 11 is 0. The van der Waals surface area contributed by atoms with Crippen LogP contribution >= 0.6 is 0 Å². The van der Waals surface area contributed by atoms with Gasteiger partial charge in [0.15, 0.2) is 0 Å². The van der Waals surface area contributed by atoms with Gasteiger partial charge >= 0.3 is 0 Å². The number of aryl methyl sites for hydroxylation is 1. The Morgan fingerprint density at radius 1 is 1.18 bits per heavy atom. The third-order valence-electron chi connectivity index (χ3n) is 5.44. The maximum atomic E-state index is 13.8. The predicted molar refractivity (Wildman–Crippen MR) is 87.8 cm³/mol. The first-order valence-corrected chi connectivity index (χ1v) is 8.64. The lowest BCUT2D eigenvalue weighted by Gasteiger charge is -2.31. The van der Waals surface area contributed by atoms with E-state index in [-0.39, 0.29) is 11.4 Å². The molecule has 0 radical (unpaired) electrons. The first-order chi connectivity index (χ1) is 10.7. The standard InChI is InChI=1S/C20H24FN/c1-2-3-14-4-6-15(7-5-14)16-8-9-17-11-19(13-22)20(21)12-18(17)10-16/h10-12,14-15H,2-9H2,1H3. The van der Waals surface area contributed by atoms with E-state index in [4.69, 9.17) is 5.26 Å². The minimum absolute atomic E-state index is 0.177. The highest BCUT2D eigenvalue weighted by Crippen LogP contribution is 2.39. The fraction of sp³-hybridized carbons (Fsp3) is 0.550. The van der Waals surface area contributed by atoms with Gasteiger partial charge in [-0.05, 0) is 73.6 Å². The number of nitrogens with zero attached hydrogens (tertiary/aromatic N) is 1. The maximum Gasteiger partial charge on any atom is 0.141 e. The smallest absolute Gasteiger partial charge is 0.141 e. The molecule has 0 N–H and O–H groups in total. The number of rotatable bonds is 3. The van der Waals surface area contributed by atoms with Gasteiger partial charge in [0.25, 0.3) is 0 Å². The second-order valence-corrected chi connectivity index (χ2v) is 6.87. The van der Waals surface area contributed by atoms with Crippen molar-refractivity contribution in [1.29, 1.82) is 5.26 Å². The van der Waals surface area contributed by atoms with Crippen LogP contribution in [-0.4, -0.2) is 0 Å². The molecule has 2 aliphatic rings. The molecule has 1 saturated carbocycles. The summed E-state index contributed by atoms with van der Waals surface area (Å²) in [6.45, 7) is 2.27. The van der Waals surface area contributed by atoms with Gasteiger partial charge in [-0.25, -0.2) is 4.39 Å². The molecule has 0 spiro atoms. The number of benzene rings is 1. The molecule has 0 heterocycles. The van der Waals surface area contributed by atoms with Crippen molar-refractivity contribution >= 4 is 6.08 Å². The maximum absolute atomic E-state index is 13.8. The Labute approximate surface area is 132 Å². The van der Waals surface area contributed by atoms with E-state index < -0.39 is 0 Å². The van der Waals surface area contributed by atoms with Crippen LogP contribution in [0.1, 0.15) is 68.6 Å². The lowest BCUT2D eigenvalue weighted by Crippen LogP contribution is -2.18. The second kappa shape index (κ2) is 6.65. The van der Waals surface area contributed by atoms with Gasteiger partial charge in [0.1, 0.15) is 11.9 Å². The number of halogens is 1. The van der Waals surface area contributed by atoms with Crippen molar-refractivity contribution in [2.45, 2.75) is 58.3 Å². The first kappa shape index (κ1) is 15.3. The average molecular weight is 297 g/mol. The highest BCUT2D eigenvalue weighted by Gasteiger charge is 2.25.